The Hall–Kier alpha value is -3.12. The highest BCUT2D eigenvalue weighted by Gasteiger charge is 2.30. The van der Waals surface area contributed by atoms with Crippen LogP contribution in [-0.4, -0.2) is 35.1 Å². The maximum atomic E-state index is 13.6. The van der Waals surface area contributed by atoms with Gasteiger partial charge >= 0.3 is 0 Å². The molecular formula is C30H35FN2O2S. The Morgan fingerprint density at radius 2 is 1.61 bits per heavy atom. The van der Waals surface area contributed by atoms with Gasteiger partial charge in [0.1, 0.15) is 11.9 Å². The summed E-state index contributed by atoms with van der Waals surface area (Å²) in [5.41, 5.74) is 4.10. The number of aryl methyl sites for hydroxylation is 1. The Morgan fingerprint density at radius 1 is 0.917 bits per heavy atom. The molecule has 0 saturated carbocycles. The van der Waals surface area contributed by atoms with E-state index in [-0.39, 0.29) is 35.8 Å². The number of hydrogen-bond acceptors (Lipinski definition) is 3. The quantitative estimate of drug-likeness (QED) is 0.339. The van der Waals surface area contributed by atoms with Crippen molar-refractivity contribution in [2.45, 2.75) is 45.5 Å². The molecule has 1 N–H and O–H groups in total. The highest BCUT2D eigenvalue weighted by Crippen LogP contribution is 2.19. The van der Waals surface area contributed by atoms with Crippen molar-refractivity contribution in [2.24, 2.45) is 5.92 Å². The SMILES string of the molecule is Cc1cccc(CSCC(=O)N(Cc2ccc(F)cc2)[C@@H](Cc2ccccc2)C(=O)NCC(C)C)c1. The third kappa shape index (κ3) is 8.83. The molecule has 2 amide bonds. The van der Waals surface area contributed by atoms with Gasteiger partial charge in [-0.15, -0.1) is 11.8 Å². The maximum absolute atomic E-state index is 13.6. The number of carbonyl (C=O) groups is 2. The van der Waals surface area contributed by atoms with E-state index in [9.17, 15) is 14.0 Å². The summed E-state index contributed by atoms with van der Waals surface area (Å²) >= 11 is 1.54. The number of amides is 2. The van der Waals surface area contributed by atoms with Crippen LogP contribution >= 0.6 is 11.8 Å². The topological polar surface area (TPSA) is 49.4 Å². The van der Waals surface area contributed by atoms with Crippen molar-refractivity contribution >= 4 is 23.6 Å². The number of thioether (sulfide) groups is 1. The smallest absolute Gasteiger partial charge is 0.243 e. The van der Waals surface area contributed by atoms with Gasteiger partial charge in [0.15, 0.2) is 0 Å². The van der Waals surface area contributed by atoms with Crippen LogP contribution < -0.4 is 5.32 Å². The van der Waals surface area contributed by atoms with Crippen molar-refractivity contribution in [3.63, 3.8) is 0 Å². The third-order valence-corrected chi connectivity index (χ3v) is 6.79. The number of halogens is 1. The zero-order chi connectivity index (χ0) is 25.9. The summed E-state index contributed by atoms with van der Waals surface area (Å²) in [6.45, 7) is 6.89. The zero-order valence-corrected chi connectivity index (χ0v) is 22.1. The molecule has 190 valence electrons. The highest BCUT2D eigenvalue weighted by atomic mass is 32.2. The van der Waals surface area contributed by atoms with Gasteiger partial charge < -0.3 is 10.2 Å². The van der Waals surface area contributed by atoms with E-state index in [0.717, 1.165) is 16.7 Å². The molecule has 0 heterocycles. The summed E-state index contributed by atoms with van der Waals surface area (Å²) in [5, 5.41) is 3.02. The number of carbonyl (C=O) groups excluding carboxylic acids is 2. The van der Waals surface area contributed by atoms with Crippen molar-refractivity contribution in [1.82, 2.24) is 10.2 Å². The molecule has 0 spiro atoms. The predicted octanol–water partition coefficient (Wildman–Crippen LogP) is 5.78. The van der Waals surface area contributed by atoms with Crippen LogP contribution in [-0.2, 0) is 28.3 Å². The van der Waals surface area contributed by atoms with E-state index >= 15 is 0 Å². The minimum absolute atomic E-state index is 0.113. The molecule has 0 unspecified atom stereocenters. The molecule has 0 radical (unpaired) electrons. The molecule has 0 saturated heterocycles. The fraction of sp³-hybridized carbons (Fsp3) is 0.333. The monoisotopic (exact) mass is 506 g/mol. The Morgan fingerprint density at radius 3 is 2.28 bits per heavy atom. The minimum atomic E-state index is -0.678. The molecule has 1 atom stereocenters. The Labute approximate surface area is 218 Å². The average molecular weight is 507 g/mol. The molecule has 3 aromatic carbocycles. The van der Waals surface area contributed by atoms with Crippen LogP contribution in [0.3, 0.4) is 0 Å². The molecule has 3 rings (SSSR count). The highest BCUT2D eigenvalue weighted by molar-refractivity contribution is 7.99. The molecule has 0 aliphatic carbocycles. The Balaban J connectivity index is 1.83. The molecule has 0 aromatic heterocycles. The van der Waals surface area contributed by atoms with Crippen LogP contribution in [0.25, 0.3) is 0 Å². The van der Waals surface area contributed by atoms with E-state index in [1.165, 1.54) is 29.5 Å². The Bertz CT molecular complexity index is 1120. The maximum Gasteiger partial charge on any atom is 0.243 e. The van der Waals surface area contributed by atoms with Crippen molar-refractivity contribution in [3.05, 3.63) is 107 Å². The summed E-state index contributed by atoms with van der Waals surface area (Å²) in [7, 11) is 0. The Kier molecular flexibility index (Phi) is 10.6. The number of nitrogens with one attached hydrogen (secondary N) is 1. The number of rotatable bonds is 12. The van der Waals surface area contributed by atoms with E-state index in [1.807, 2.05) is 63.2 Å². The van der Waals surface area contributed by atoms with Crippen molar-refractivity contribution in [1.29, 1.82) is 0 Å². The van der Waals surface area contributed by atoms with E-state index in [1.54, 1.807) is 17.0 Å². The molecule has 3 aromatic rings. The second-order valence-electron chi connectivity index (χ2n) is 9.47. The number of hydrogen-bond donors (Lipinski definition) is 1. The molecule has 4 nitrogen and oxygen atoms in total. The summed E-state index contributed by atoms with van der Waals surface area (Å²) in [6, 6.07) is 23.4. The first kappa shape index (κ1) is 27.5. The van der Waals surface area contributed by atoms with Gasteiger partial charge in [-0.1, -0.05) is 86.1 Å². The van der Waals surface area contributed by atoms with Crippen LogP contribution in [0.5, 0.6) is 0 Å². The molecule has 0 aliphatic rings. The lowest BCUT2D eigenvalue weighted by Gasteiger charge is -2.32. The van der Waals surface area contributed by atoms with Crippen molar-refractivity contribution < 1.29 is 14.0 Å². The van der Waals surface area contributed by atoms with Gasteiger partial charge in [0.25, 0.3) is 0 Å². The van der Waals surface area contributed by atoms with Crippen LogP contribution in [0.15, 0.2) is 78.9 Å². The average Bonchev–Trinajstić information content (AvgIpc) is 2.86. The molecule has 6 heteroatoms. The van der Waals surface area contributed by atoms with E-state index in [2.05, 4.69) is 17.4 Å². The van der Waals surface area contributed by atoms with Crippen LogP contribution in [0.1, 0.15) is 36.1 Å². The summed E-state index contributed by atoms with van der Waals surface area (Å²) < 4.78 is 13.5. The first-order valence-electron chi connectivity index (χ1n) is 12.3. The van der Waals surface area contributed by atoms with Crippen LogP contribution in [0.2, 0.25) is 0 Å². The lowest BCUT2D eigenvalue weighted by molar-refractivity contribution is -0.139. The zero-order valence-electron chi connectivity index (χ0n) is 21.2. The largest absolute Gasteiger partial charge is 0.354 e. The molecule has 0 bridgehead atoms. The number of nitrogens with zero attached hydrogens (tertiary/aromatic N) is 1. The first-order chi connectivity index (χ1) is 17.3. The fourth-order valence-corrected chi connectivity index (χ4v) is 4.76. The fourth-order valence-electron chi connectivity index (χ4n) is 3.90. The number of benzene rings is 3. The van der Waals surface area contributed by atoms with E-state index in [0.29, 0.717) is 18.7 Å². The summed E-state index contributed by atoms with van der Waals surface area (Å²) in [4.78, 5) is 28.7. The first-order valence-corrected chi connectivity index (χ1v) is 13.5. The van der Waals surface area contributed by atoms with Crippen LogP contribution in [0.4, 0.5) is 4.39 Å². The molecular weight excluding hydrogens is 471 g/mol. The normalized spacial score (nSPS) is 11.8. The van der Waals surface area contributed by atoms with Gasteiger partial charge in [0.2, 0.25) is 11.8 Å². The van der Waals surface area contributed by atoms with Gasteiger partial charge in [-0.25, -0.2) is 4.39 Å². The van der Waals surface area contributed by atoms with Crippen molar-refractivity contribution in [2.75, 3.05) is 12.3 Å². The van der Waals surface area contributed by atoms with Crippen molar-refractivity contribution in [3.8, 4) is 0 Å². The standard InChI is InChI=1S/C30H35FN2O2S/c1-22(2)18-32-30(35)28(17-24-9-5-4-6-10-24)33(19-25-12-14-27(31)15-13-25)29(34)21-36-20-26-11-7-8-23(3)16-26/h4-16,22,28H,17-21H2,1-3H3,(H,32,35)/t28-/m0/s1. The molecule has 36 heavy (non-hydrogen) atoms. The van der Waals surface area contributed by atoms with Gasteiger partial charge in [0.05, 0.1) is 5.75 Å². The van der Waals surface area contributed by atoms with E-state index < -0.39 is 6.04 Å². The van der Waals surface area contributed by atoms with Gasteiger partial charge in [0, 0.05) is 25.3 Å². The molecule has 0 fully saturated rings. The van der Waals surface area contributed by atoms with Crippen LogP contribution in [0, 0.1) is 18.7 Å². The summed E-state index contributed by atoms with van der Waals surface area (Å²) in [5.74, 6) is 0.626. The second-order valence-corrected chi connectivity index (χ2v) is 10.5. The third-order valence-electron chi connectivity index (χ3n) is 5.80. The van der Waals surface area contributed by atoms with Gasteiger partial charge in [-0.05, 0) is 41.7 Å². The summed E-state index contributed by atoms with van der Waals surface area (Å²) in [6.07, 6.45) is 0.403. The predicted molar refractivity (Wildman–Crippen MR) is 146 cm³/mol. The van der Waals surface area contributed by atoms with Gasteiger partial charge in [-0.3, -0.25) is 9.59 Å². The van der Waals surface area contributed by atoms with E-state index in [4.69, 9.17) is 0 Å². The van der Waals surface area contributed by atoms with Gasteiger partial charge in [-0.2, -0.15) is 0 Å². The molecule has 0 aliphatic heterocycles. The lowest BCUT2D eigenvalue weighted by Crippen LogP contribution is -2.51. The lowest BCUT2D eigenvalue weighted by atomic mass is 10.0. The minimum Gasteiger partial charge on any atom is -0.354 e. The second kappa shape index (κ2) is 13.8.